The van der Waals surface area contributed by atoms with E-state index in [1.165, 1.54) is 41.6 Å². The molecule has 6 N–H and O–H groups in total. The topological polar surface area (TPSA) is 221 Å². The number of nitrogens with one attached hydrogen (secondary N) is 2. The Hall–Kier alpha value is -4.78. The second-order valence-corrected chi connectivity index (χ2v) is 18.8. The molecule has 0 spiro atoms. The van der Waals surface area contributed by atoms with Crippen LogP contribution in [0.5, 0.6) is 0 Å². The van der Waals surface area contributed by atoms with Crippen molar-refractivity contribution in [2.75, 3.05) is 60.8 Å². The number of benzene rings is 2. The van der Waals surface area contributed by atoms with E-state index in [-0.39, 0.29) is 36.7 Å². The van der Waals surface area contributed by atoms with Crippen molar-refractivity contribution in [2.45, 2.75) is 77.3 Å². The highest BCUT2D eigenvalue weighted by Gasteiger charge is 2.36. The van der Waals surface area contributed by atoms with E-state index in [9.17, 15) is 26.4 Å². The van der Waals surface area contributed by atoms with Crippen molar-refractivity contribution >= 4 is 54.9 Å². The van der Waals surface area contributed by atoms with E-state index in [0.29, 0.717) is 74.9 Å². The van der Waals surface area contributed by atoms with Crippen LogP contribution in [0, 0.1) is 0 Å². The van der Waals surface area contributed by atoms with Crippen LogP contribution in [0.4, 0.5) is 23.0 Å². The predicted molar refractivity (Wildman–Crippen MR) is 216 cm³/mol. The van der Waals surface area contributed by atoms with Crippen molar-refractivity contribution < 1.29 is 26.4 Å². The summed E-state index contributed by atoms with van der Waals surface area (Å²) >= 11 is 0. The normalized spacial score (nSPS) is 19.6. The first-order valence-corrected chi connectivity index (χ1v) is 22.7. The van der Waals surface area contributed by atoms with Gasteiger partial charge in [-0.3, -0.25) is 9.59 Å². The molecule has 4 aromatic rings. The molecule has 0 saturated heterocycles. The first-order valence-electron chi connectivity index (χ1n) is 19.0. The van der Waals surface area contributed by atoms with E-state index in [2.05, 4.69) is 46.8 Å². The van der Waals surface area contributed by atoms with Crippen molar-refractivity contribution in [1.82, 2.24) is 28.2 Å². The molecule has 4 aliphatic heterocycles. The number of nitrogens with two attached hydrogens (primary N) is 2. The van der Waals surface area contributed by atoms with Crippen LogP contribution >= 0.6 is 0 Å². The number of fused-ring (bicyclic) bond motifs is 4. The Morgan fingerprint density at radius 2 is 1.23 bits per heavy atom. The molecule has 56 heavy (non-hydrogen) atoms. The quantitative estimate of drug-likeness (QED) is 0.221. The van der Waals surface area contributed by atoms with Gasteiger partial charge >= 0.3 is 0 Å². The summed E-state index contributed by atoms with van der Waals surface area (Å²) in [5.74, 6) is -0.321. The van der Waals surface area contributed by atoms with Crippen molar-refractivity contribution in [3.8, 4) is 0 Å². The molecule has 0 fully saturated rings. The van der Waals surface area contributed by atoms with Crippen LogP contribution in [-0.4, -0.2) is 95.5 Å². The number of aryl methyl sites for hydroxylation is 2. The fraction of sp³-hybridized carbons (Fsp3) is 0.474. The zero-order chi connectivity index (χ0) is 40.1. The van der Waals surface area contributed by atoms with Gasteiger partial charge in [0.2, 0.25) is 20.0 Å². The van der Waals surface area contributed by atoms with Crippen LogP contribution < -0.4 is 22.1 Å². The molecule has 0 aliphatic carbocycles. The SMILES string of the molecule is CCc1cccc2c1NCCC2C(=O)n1nc(N)c2c1CN(S(C)(=O)=O)CC2.CCc1cccc2c1NCCC2C(=O)n1nc2c(c1N)CCN(S(C)(=O)=O)C2. The Balaban J connectivity index is 0.000000172. The summed E-state index contributed by atoms with van der Waals surface area (Å²) in [7, 11) is -6.66. The number of anilines is 4. The number of aromatic nitrogens is 4. The third-order valence-corrected chi connectivity index (χ3v) is 13.9. The number of hydrogen-bond donors (Lipinski definition) is 4. The van der Waals surface area contributed by atoms with Gasteiger partial charge in [-0.2, -0.15) is 18.4 Å². The molecule has 0 saturated carbocycles. The minimum atomic E-state index is -3.35. The highest BCUT2D eigenvalue weighted by atomic mass is 32.2. The van der Waals surface area contributed by atoms with Crippen molar-refractivity contribution in [1.29, 1.82) is 0 Å². The fourth-order valence-corrected chi connectivity index (χ4v) is 9.93. The highest BCUT2D eigenvalue weighted by molar-refractivity contribution is 7.88. The number of nitrogen functional groups attached to an aromatic ring is 2. The standard InChI is InChI=1S/2C19H25N5O3S/c1-3-12-5-4-6-13-14(7-9-21-17(12)13)19(25)24-16-11-23(28(2,26)27)10-8-15(16)18(20)22-24;1-3-12-5-4-6-13-14(7-9-21-17(12)13)19(25)24-18(20)15-8-10-23(28(2,26)27)11-16(15)22-24/h4-6,14,21H,3,7-11H2,1-2H3,(H2,20,22);4-6,14,21H,3,7-11,20H2,1-2H3. The monoisotopic (exact) mass is 806 g/mol. The molecule has 2 unspecified atom stereocenters. The van der Waals surface area contributed by atoms with Gasteiger partial charge in [-0.1, -0.05) is 50.2 Å². The largest absolute Gasteiger partial charge is 0.385 e. The highest BCUT2D eigenvalue weighted by Crippen LogP contribution is 2.38. The van der Waals surface area contributed by atoms with E-state index < -0.39 is 20.0 Å². The molecule has 2 aromatic carbocycles. The van der Waals surface area contributed by atoms with Crippen LogP contribution in [-0.2, 0) is 58.8 Å². The second-order valence-electron chi connectivity index (χ2n) is 14.8. The summed E-state index contributed by atoms with van der Waals surface area (Å²) in [6.07, 6.45) is 6.37. The number of nitrogens with zero attached hydrogens (tertiary/aromatic N) is 6. The molecule has 18 heteroatoms. The first kappa shape index (κ1) is 39.5. The molecular weight excluding hydrogens is 757 g/mol. The van der Waals surface area contributed by atoms with Crippen LogP contribution in [0.3, 0.4) is 0 Å². The summed E-state index contributed by atoms with van der Waals surface area (Å²) in [6, 6.07) is 12.0. The Bertz CT molecular complexity index is 2420. The minimum Gasteiger partial charge on any atom is -0.385 e. The van der Waals surface area contributed by atoms with Gasteiger partial charge in [0.25, 0.3) is 11.8 Å². The molecule has 2 atom stereocenters. The summed E-state index contributed by atoms with van der Waals surface area (Å²) < 4.78 is 53.1. The third-order valence-electron chi connectivity index (χ3n) is 11.4. The zero-order valence-electron chi connectivity index (χ0n) is 32.2. The molecule has 0 radical (unpaired) electrons. The summed E-state index contributed by atoms with van der Waals surface area (Å²) in [5, 5.41) is 15.6. The Labute approximate surface area is 327 Å². The van der Waals surface area contributed by atoms with Crippen molar-refractivity contribution in [2.24, 2.45) is 0 Å². The van der Waals surface area contributed by atoms with Crippen LogP contribution in [0.1, 0.15) is 92.9 Å². The third kappa shape index (κ3) is 7.30. The number of para-hydroxylation sites is 2. The lowest BCUT2D eigenvalue weighted by atomic mass is 9.87. The number of sulfonamides is 2. The number of hydrogen-bond acceptors (Lipinski definition) is 12. The predicted octanol–water partition coefficient (Wildman–Crippen LogP) is 3.17. The minimum absolute atomic E-state index is 0.122. The van der Waals surface area contributed by atoms with E-state index >= 15 is 0 Å². The van der Waals surface area contributed by atoms with E-state index in [4.69, 9.17) is 11.5 Å². The van der Waals surface area contributed by atoms with Gasteiger partial charge in [0.15, 0.2) is 0 Å². The van der Waals surface area contributed by atoms with Gasteiger partial charge in [0.1, 0.15) is 11.6 Å². The Kier molecular flexibility index (Phi) is 10.8. The maximum Gasteiger partial charge on any atom is 0.256 e. The van der Waals surface area contributed by atoms with Gasteiger partial charge in [-0.15, -0.1) is 5.10 Å². The average molecular weight is 807 g/mol. The van der Waals surface area contributed by atoms with E-state index in [1.807, 2.05) is 24.3 Å². The summed E-state index contributed by atoms with van der Waals surface area (Å²) in [4.78, 5) is 26.8. The van der Waals surface area contributed by atoms with E-state index in [1.54, 1.807) is 0 Å². The lowest BCUT2D eigenvalue weighted by molar-refractivity contribution is 0.0845. The lowest BCUT2D eigenvalue weighted by Crippen LogP contribution is -2.37. The molecule has 2 aromatic heterocycles. The van der Waals surface area contributed by atoms with Crippen LogP contribution in [0.2, 0.25) is 0 Å². The lowest BCUT2D eigenvalue weighted by Gasteiger charge is -2.29. The van der Waals surface area contributed by atoms with E-state index in [0.717, 1.165) is 46.5 Å². The van der Waals surface area contributed by atoms with Crippen LogP contribution in [0.25, 0.3) is 0 Å². The Morgan fingerprint density at radius 3 is 1.75 bits per heavy atom. The van der Waals surface area contributed by atoms with Gasteiger partial charge < -0.3 is 22.1 Å². The molecule has 6 heterocycles. The molecule has 4 aliphatic rings. The first-order chi connectivity index (χ1) is 26.6. The second kappa shape index (κ2) is 15.3. The molecule has 8 rings (SSSR count). The molecule has 300 valence electrons. The smallest absolute Gasteiger partial charge is 0.256 e. The summed E-state index contributed by atoms with van der Waals surface area (Å²) in [5.41, 5.74) is 21.4. The Morgan fingerprint density at radius 1 is 0.732 bits per heavy atom. The molecular formula is C38H50N10O6S2. The average Bonchev–Trinajstić information content (AvgIpc) is 3.71. The van der Waals surface area contributed by atoms with Crippen LogP contribution in [0.15, 0.2) is 36.4 Å². The van der Waals surface area contributed by atoms with Gasteiger partial charge in [0, 0.05) is 48.7 Å². The number of carbonyl (C=O) groups is 2. The molecule has 16 nitrogen and oxygen atoms in total. The van der Waals surface area contributed by atoms with Crippen molar-refractivity contribution in [3.05, 3.63) is 81.2 Å². The zero-order valence-corrected chi connectivity index (χ0v) is 33.8. The van der Waals surface area contributed by atoms with Gasteiger partial charge in [-0.05, 0) is 60.8 Å². The number of carbonyl (C=O) groups excluding carboxylic acids is 2. The maximum absolute atomic E-state index is 13.5. The maximum atomic E-state index is 13.5. The molecule has 0 bridgehead atoms. The molecule has 0 amide bonds. The van der Waals surface area contributed by atoms with Gasteiger partial charge in [0.05, 0.1) is 48.8 Å². The summed E-state index contributed by atoms with van der Waals surface area (Å²) in [6.45, 7) is 6.58. The number of rotatable bonds is 6. The van der Waals surface area contributed by atoms with Crippen molar-refractivity contribution in [3.63, 3.8) is 0 Å². The van der Waals surface area contributed by atoms with Gasteiger partial charge in [-0.25, -0.2) is 21.5 Å². The fourth-order valence-electron chi connectivity index (χ4n) is 8.37.